The summed E-state index contributed by atoms with van der Waals surface area (Å²) in [6, 6.07) is 11.4. The third-order valence-corrected chi connectivity index (χ3v) is 4.24. The molecule has 26 heavy (non-hydrogen) atoms. The molecule has 4 aromatic rings. The molecule has 0 aliphatic rings. The third kappa shape index (κ3) is 2.69. The van der Waals surface area contributed by atoms with E-state index in [1.807, 2.05) is 49.3 Å². The second-order valence-corrected chi connectivity index (χ2v) is 6.20. The first-order valence-electron chi connectivity index (χ1n) is 8.07. The van der Waals surface area contributed by atoms with E-state index in [1.165, 1.54) is 0 Å². The molecule has 0 bridgehead atoms. The van der Waals surface area contributed by atoms with Gasteiger partial charge in [-0.1, -0.05) is 6.07 Å². The third-order valence-electron chi connectivity index (χ3n) is 4.24. The number of aromatic nitrogens is 3. The molecule has 3 aromatic heterocycles. The lowest BCUT2D eigenvalue weighted by Gasteiger charge is -2.15. The molecule has 0 saturated heterocycles. The summed E-state index contributed by atoms with van der Waals surface area (Å²) in [5.74, 6) is -0.377. The van der Waals surface area contributed by atoms with Gasteiger partial charge in [0.1, 0.15) is 17.2 Å². The van der Waals surface area contributed by atoms with Crippen molar-refractivity contribution < 1.29 is 9.90 Å². The Labute approximate surface area is 149 Å². The minimum absolute atomic E-state index is 0.101. The summed E-state index contributed by atoms with van der Waals surface area (Å²) >= 11 is 0. The number of pyridine rings is 2. The number of H-pyrrole nitrogens is 1. The maximum Gasteiger partial charge on any atom is 0.352 e. The Morgan fingerprint density at radius 3 is 2.77 bits per heavy atom. The van der Waals surface area contributed by atoms with Crippen LogP contribution in [0.15, 0.2) is 48.8 Å². The number of nitrogens with zero attached hydrogens (tertiary/aromatic N) is 3. The highest BCUT2D eigenvalue weighted by molar-refractivity contribution is 6.11. The Morgan fingerprint density at radius 1 is 1.15 bits per heavy atom. The van der Waals surface area contributed by atoms with Crippen LogP contribution in [0, 0.1) is 0 Å². The van der Waals surface area contributed by atoms with Gasteiger partial charge in [0.05, 0.1) is 0 Å². The average molecular weight is 347 g/mol. The molecule has 7 nitrogen and oxygen atoms in total. The fourth-order valence-corrected chi connectivity index (χ4v) is 2.93. The number of aromatic carboxylic acids is 1. The molecule has 0 unspecified atom stereocenters. The fraction of sp³-hybridized carbons (Fsp3) is 0.105. The van der Waals surface area contributed by atoms with Gasteiger partial charge < -0.3 is 20.3 Å². The van der Waals surface area contributed by atoms with Crippen LogP contribution in [0.4, 0.5) is 17.2 Å². The smallest absolute Gasteiger partial charge is 0.352 e. The lowest BCUT2D eigenvalue weighted by Crippen LogP contribution is -2.08. The fourth-order valence-electron chi connectivity index (χ4n) is 2.93. The molecule has 0 spiro atoms. The predicted octanol–water partition coefficient (Wildman–Crippen LogP) is 3.62. The zero-order chi connectivity index (χ0) is 18.3. The number of nitrogens with one attached hydrogen (secondary N) is 2. The molecule has 0 aliphatic heterocycles. The highest BCUT2D eigenvalue weighted by atomic mass is 16.4. The van der Waals surface area contributed by atoms with Crippen LogP contribution in [0.2, 0.25) is 0 Å². The SMILES string of the molecule is CN(C)c1cccc(Nc2nc3[nH]c(C(=O)O)cc3c3cnccc23)c1. The van der Waals surface area contributed by atoms with Crippen LogP contribution in [0.5, 0.6) is 0 Å². The number of carbonyl (C=O) groups is 1. The lowest BCUT2D eigenvalue weighted by molar-refractivity contribution is 0.0691. The predicted molar refractivity (Wildman–Crippen MR) is 102 cm³/mol. The molecule has 7 heteroatoms. The van der Waals surface area contributed by atoms with Crippen LogP contribution in [-0.4, -0.2) is 40.1 Å². The number of anilines is 3. The molecule has 0 radical (unpaired) electrons. The quantitative estimate of drug-likeness (QED) is 0.522. The van der Waals surface area contributed by atoms with Gasteiger partial charge in [0.2, 0.25) is 0 Å². The Morgan fingerprint density at radius 2 is 2.00 bits per heavy atom. The van der Waals surface area contributed by atoms with Gasteiger partial charge in [0.15, 0.2) is 0 Å². The monoisotopic (exact) mass is 347 g/mol. The van der Waals surface area contributed by atoms with E-state index in [4.69, 9.17) is 0 Å². The van der Waals surface area contributed by atoms with Gasteiger partial charge in [-0.15, -0.1) is 0 Å². The van der Waals surface area contributed by atoms with Crippen LogP contribution in [0.1, 0.15) is 10.5 Å². The van der Waals surface area contributed by atoms with Crippen LogP contribution in [0.25, 0.3) is 21.8 Å². The van der Waals surface area contributed by atoms with Gasteiger partial charge in [0.25, 0.3) is 0 Å². The maximum atomic E-state index is 11.3. The van der Waals surface area contributed by atoms with E-state index < -0.39 is 5.97 Å². The van der Waals surface area contributed by atoms with E-state index in [0.717, 1.165) is 27.5 Å². The largest absolute Gasteiger partial charge is 0.477 e. The molecule has 1 aromatic carbocycles. The Hall–Kier alpha value is -3.61. The van der Waals surface area contributed by atoms with Crippen molar-refractivity contribution in [2.24, 2.45) is 0 Å². The second-order valence-electron chi connectivity index (χ2n) is 6.20. The molecule has 3 N–H and O–H groups in total. The molecule has 0 amide bonds. The highest BCUT2D eigenvalue weighted by Crippen LogP contribution is 2.31. The molecule has 0 atom stereocenters. The zero-order valence-corrected chi connectivity index (χ0v) is 14.3. The normalized spacial score (nSPS) is 11.0. The summed E-state index contributed by atoms with van der Waals surface area (Å²) in [4.78, 5) is 25.0. The van der Waals surface area contributed by atoms with Crippen molar-refractivity contribution in [2.75, 3.05) is 24.3 Å². The van der Waals surface area contributed by atoms with E-state index in [0.29, 0.717) is 11.5 Å². The van der Waals surface area contributed by atoms with Crippen LogP contribution < -0.4 is 10.2 Å². The summed E-state index contributed by atoms with van der Waals surface area (Å²) in [6.45, 7) is 0. The topological polar surface area (TPSA) is 94.1 Å². The average Bonchev–Trinajstić information content (AvgIpc) is 3.07. The minimum Gasteiger partial charge on any atom is -0.477 e. The zero-order valence-electron chi connectivity index (χ0n) is 14.3. The van der Waals surface area contributed by atoms with Crippen molar-refractivity contribution in [3.63, 3.8) is 0 Å². The molecule has 0 saturated carbocycles. The first kappa shape index (κ1) is 15.9. The van der Waals surface area contributed by atoms with Crippen LogP contribution in [-0.2, 0) is 0 Å². The number of benzene rings is 1. The summed E-state index contributed by atoms with van der Waals surface area (Å²) < 4.78 is 0. The van der Waals surface area contributed by atoms with Crippen molar-refractivity contribution in [3.8, 4) is 0 Å². The minimum atomic E-state index is -1.02. The first-order valence-corrected chi connectivity index (χ1v) is 8.07. The van der Waals surface area contributed by atoms with Gasteiger partial charge in [-0.3, -0.25) is 4.98 Å². The van der Waals surface area contributed by atoms with E-state index in [-0.39, 0.29) is 5.69 Å². The first-order chi connectivity index (χ1) is 12.5. The van der Waals surface area contributed by atoms with Crippen molar-refractivity contribution >= 4 is 45.0 Å². The van der Waals surface area contributed by atoms with Crippen LogP contribution in [0.3, 0.4) is 0 Å². The van der Waals surface area contributed by atoms with E-state index in [9.17, 15) is 9.90 Å². The summed E-state index contributed by atoms with van der Waals surface area (Å²) in [5.41, 5.74) is 2.57. The van der Waals surface area contributed by atoms with Crippen molar-refractivity contribution in [3.05, 3.63) is 54.5 Å². The standard InChI is InChI=1S/C19H17N5O2/c1-24(2)12-5-3-4-11(8-12)21-17-13-6-7-20-10-15(13)14-9-16(19(25)26)22-18(14)23-17/h3-10H,1-2H3,(H,25,26)(H2,21,22,23). The Kier molecular flexibility index (Phi) is 3.69. The number of aromatic amines is 1. The van der Waals surface area contributed by atoms with Gasteiger partial charge in [-0.05, 0) is 30.3 Å². The van der Waals surface area contributed by atoms with Crippen molar-refractivity contribution in [1.29, 1.82) is 0 Å². The van der Waals surface area contributed by atoms with E-state index in [1.54, 1.807) is 18.5 Å². The van der Waals surface area contributed by atoms with Gasteiger partial charge >= 0.3 is 5.97 Å². The number of carboxylic acids is 1. The summed E-state index contributed by atoms with van der Waals surface area (Å²) in [6.07, 6.45) is 3.42. The molecular weight excluding hydrogens is 330 g/mol. The van der Waals surface area contributed by atoms with Gasteiger partial charge in [-0.2, -0.15) is 0 Å². The van der Waals surface area contributed by atoms with Crippen molar-refractivity contribution in [1.82, 2.24) is 15.0 Å². The number of carboxylic acid groups (broad SMARTS) is 1. The van der Waals surface area contributed by atoms with Gasteiger partial charge in [-0.25, -0.2) is 9.78 Å². The van der Waals surface area contributed by atoms with Crippen molar-refractivity contribution in [2.45, 2.75) is 0 Å². The second kappa shape index (κ2) is 6.03. The lowest BCUT2D eigenvalue weighted by atomic mass is 10.1. The molecule has 3 heterocycles. The molecule has 4 rings (SSSR count). The molecular formula is C19H17N5O2. The van der Waals surface area contributed by atoms with E-state index >= 15 is 0 Å². The summed E-state index contributed by atoms with van der Waals surface area (Å²) in [5, 5.41) is 15.0. The Bertz CT molecular complexity index is 1130. The molecule has 0 fully saturated rings. The van der Waals surface area contributed by atoms with E-state index in [2.05, 4.69) is 20.3 Å². The van der Waals surface area contributed by atoms with Gasteiger partial charge in [0, 0.05) is 54.0 Å². The Balaban J connectivity index is 1.88. The summed E-state index contributed by atoms with van der Waals surface area (Å²) in [7, 11) is 3.97. The van der Waals surface area contributed by atoms with Crippen LogP contribution >= 0.6 is 0 Å². The number of fused-ring (bicyclic) bond motifs is 3. The molecule has 0 aliphatic carbocycles. The highest BCUT2D eigenvalue weighted by Gasteiger charge is 2.14. The maximum absolute atomic E-state index is 11.3. The number of hydrogen-bond acceptors (Lipinski definition) is 5. The molecule has 130 valence electrons. The number of rotatable bonds is 4. The number of hydrogen-bond donors (Lipinski definition) is 3.